The van der Waals surface area contributed by atoms with Gasteiger partial charge >= 0.3 is 12.1 Å². The average Bonchev–Trinajstić information content (AvgIpc) is 2.76. The molecule has 162 valence electrons. The van der Waals surface area contributed by atoms with E-state index in [4.69, 9.17) is 9.84 Å². The normalized spacial score (nSPS) is 11.2. The molecule has 0 spiro atoms. The van der Waals surface area contributed by atoms with Crippen molar-refractivity contribution in [3.05, 3.63) is 77.5 Å². The summed E-state index contributed by atoms with van der Waals surface area (Å²) in [7, 11) is 1.50. The summed E-state index contributed by atoms with van der Waals surface area (Å²) < 4.78 is 43.7. The number of halogens is 3. The van der Waals surface area contributed by atoms with Crippen molar-refractivity contribution in [1.29, 1.82) is 0 Å². The molecule has 5 nitrogen and oxygen atoms in total. The van der Waals surface area contributed by atoms with Crippen molar-refractivity contribution in [2.75, 3.05) is 12.4 Å². The number of carboxylic acid groups (broad SMARTS) is 1. The lowest BCUT2D eigenvalue weighted by Gasteiger charge is -2.13. The summed E-state index contributed by atoms with van der Waals surface area (Å²) in [6.45, 7) is 0.388. The van der Waals surface area contributed by atoms with Crippen LogP contribution >= 0.6 is 0 Å². The number of aryl methyl sites for hydroxylation is 1. The molecule has 0 amide bonds. The standard InChI is InChI=1S/C23H21F3N2O3/c1-31-22-18(14-27-20-9-2-15(3-10-20)4-11-21(29)30)12-17(13-28-22)16-5-7-19(8-6-16)23(24,25)26/h2-3,5-10,12-13,27H,4,11,14H2,1H3,(H,29,30). The Morgan fingerprint density at radius 2 is 1.74 bits per heavy atom. The summed E-state index contributed by atoms with van der Waals surface area (Å²) in [5.41, 5.74) is 3.10. The maximum absolute atomic E-state index is 12.8. The van der Waals surface area contributed by atoms with E-state index in [0.717, 1.165) is 28.9 Å². The quantitative estimate of drug-likeness (QED) is 0.500. The van der Waals surface area contributed by atoms with Crippen LogP contribution in [-0.4, -0.2) is 23.2 Å². The molecule has 0 bridgehead atoms. The lowest BCUT2D eigenvalue weighted by atomic mass is 10.0. The van der Waals surface area contributed by atoms with Crippen LogP contribution in [-0.2, 0) is 23.9 Å². The first-order chi connectivity index (χ1) is 14.8. The summed E-state index contributed by atoms with van der Waals surface area (Å²) in [5, 5.41) is 12.0. The number of ether oxygens (including phenoxy) is 1. The van der Waals surface area contributed by atoms with E-state index in [0.29, 0.717) is 30.0 Å². The van der Waals surface area contributed by atoms with Gasteiger partial charge in [-0.2, -0.15) is 13.2 Å². The van der Waals surface area contributed by atoms with Crippen molar-refractivity contribution in [3.8, 4) is 17.0 Å². The number of aromatic nitrogens is 1. The molecule has 0 aliphatic carbocycles. The number of benzene rings is 2. The zero-order valence-corrected chi connectivity index (χ0v) is 16.7. The van der Waals surface area contributed by atoms with E-state index in [1.54, 1.807) is 6.20 Å². The van der Waals surface area contributed by atoms with Crippen molar-refractivity contribution in [2.24, 2.45) is 0 Å². The van der Waals surface area contributed by atoms with Crippen molar-refractivity contribution < 1.29 is 27.8 Å². The summed E-state index contributed by atoms with van der Waals surface area (Å²) in [4.78, 5) is 14.9. The van der Waals surface area contributed by atoms with Crippen molar-refractivity contribution >= 4 is 11.7 Å². The Bertz CT molecular complexity index is 1030. The van der Waals surface area contributed by atoms with Crippen LogP contribution in [0.15, 0.2) is 60.8 Å². The summed E-state index contributed by atoms with van der Waals surface area (Å²) in [5.74, 6) is -0.420. The molecule has 0 saturated carbocycles. The molecule has 0 radical (unpaired) electrons. The third kappa shape index (κ3) is 5.97. The third-order valence-electron chi connectivity index (χ3n) is 4.73. The molecule has 1 heterocycles. The second-order valence-corrected chi connectivity index (χ2v) is 6.91. The molecule has 1 aromatic heterocycles. The first-order valence-electron chi connectivity index (χ1n) is 9.51. The number of aliphatic carboxylic acids is 1. The first-order valence-corrected chi connectivity index (χ1v) is 9.51. The summed E-state index contributed by atoms with van der Waals surface area (Å²) >= 11 is 0. The fourth-order valence-electron chi connectivity index (χ4n) is 3.06. The molecule has 31 heavy (non-hydrogen) atoms. The number of pyridine rings is 1. The Morgan fingerprint density at radius 3 is 2.32 bits per heavy atom. The summed E-state index contributed by atoms with van der Waals surface area (Å²) in [6.07, 6.45) is -2.29. The van der Waals surface area contributed by atoms with Gasteiger partial charge < -0.3 is 15.2 Å². The number of carboxylic acids is 1. The predicted molar refractivity (Wildman–Crippen MR) is 111 cm³/mol. The molecule has 0 unspecified atom stereocenters. The van der Waals surface area contributed by atoms with Crippen molar-refractivity contribution in [3.63, 3.8) is 0 Å². The van der Waals surface area contributed by atoms with Gasteiger partial charge in [-0.15, -0.1) is 0 Å². The van der Waals surface area contributed by atoms with Gasteiger partial charge in [0, 0.05) is 36.0 Å². The zero-order chi connectivity index (χ0) is 22.4. The molecule has 0 fully saturated rings. The van der Waals surface area contributed by atoms with Crippen LogP contribution in [0.5, 0.6) is 5.88 Å². The Morgan fingerprint density at radius 1 is 1.06 bits per heavy atom. The minimum atomic E-state index is -4.38. The van der Waals surface area contributed by atoms with E-state index in [1.165, 1.54) is 19.2 Å². The average molecular weight is 430 g/mol. The number of nitrogens with zero attached hydrogens (tertiary/aromatic N) is 1. The van der Waals surface area contributed by atoms with Crippen LogP contribution in [0.4, 0.5) is 18.9 Å². The topological polar surface area (TPSA) is 71.5 Å². The van der Waals surface area contributed by atoms with Gasteiger partial charge in [-0.1, -0.05) is 24.3 Å². The highest BCUT2D eigenvalue weighted by molar-refractivity contribution is 5.67. The van der Waals surface area contributed by atoms with E-state index in [9.17, 15) is 18.0 Å². The van der Waals surface area contributed by atoms with Crippen molar-refractivity contribution in [1.82, 2.24) is 4.98 Å². The van der Waals surface area contributed by atoms with Crippen LogP contribution in [0.2, 0.25) is 0 Å². The highest BCUT2D eigenvalue weighted by Crippen LogP contribution is 2.31. The third-order valence-corrected chi connectivity index (χ3v) is 4.73. The number of alkyl halides is 3. The molecule has 0 saturated heterocycles. The molecule has 0 aliphatic heterocycles. The number of nitrogens with one attached hydrogen (secondary N) is 1. The number of carbonyl (C=O) groups is 1. The van der Waals surface area contributed by atoms with Gasteiger partial charge in [0.25, 0.3) is 0 Å². The van der Waals surface area contributed by atoms with E-state index in [2.05, 4.69) is 10.3 Å². The van der Waals surface area contributed by atoms with E-state index in [1.807, 2.05) is 30.3 Å². The van der Waals surface area contributed by atoms with Gasteiger partial charge in [-0.05, 0) is 47.9 Å². The highest BCUT2D eigenvalue weighted by Gasteiger charge is 2.30. The van der Waals surface area contributed by atoms with Crippen LogP contribution in [0.3, 0.4) is 0 Å². The highest BCUT2D eigenvalue weighted by atomic mass is 19.4. The number of hydrogen-bond acceptors (Lipinski definition) is 4. The largest absolute Gasteiger partial charge is 0.481 e. The van der Waals surface area contributed by atoms with Crippen LogP contribution in [0, 0.1) is 0 Å². The number of anilines is 1. The van der Waals surface area contributed by atoms with Crippen LogP contribution in [0.1, 0.15) is 23.1 Å². The maximum Gasteiger partial charge on any atom is 0.416 e. The van der Waals surface area contributed by atoms with Gasteiger partial charge in [0.15, 0.2) is 0 Å². The Labute approximate surface area is 177 Å². The molecular formula is C23H21F3N2O3. The predicted octanol–water partition coefficient (Wildman–Crippen LogP) is 5.41. The lowest BCUT2D eigenvalue weighted by molar-refractivity contribution is -0.138. The minimum absolute atomic E-state index is 0.0758. The van der Waals surface area contributed by atoms with Crippen LogP contribution in [0.25, 0.3) is 11.1 Å². The monoisotopic (exact) mass is 430 g/mol. The number of hydrogen-bond donors (Lipinski definition) is 2. The molecule has 0 aliphatic rings. The first kappa shape index (κ1) is 22.1. The smallest absolute Gasteiger partial charge is 0.416 e. The van der Waals surface area contributed by atoms with E-state index < -0.39 is 17.7 Å². The van der Waals surface area contributed by atoms with Gasteiger partial charge in [0.2, 0.25) is 5.88 Å². The fraction of sp³-hybridized carbons (Fsp3) is 0.217. The SMILES string of the molecule is COc1ncc(-c2ccc(C(F)(F)F)cc2)cc1CNc1ccc(CCC(=O)O)cc1. The molecule has 3 aromatic rings. The van der Waals surface area contributed by atoms with Gasteiger partial charge in [-0.3, -0.25) is 4.79 Å². The molecular weight excluding hydrogens is 409 g/mol. The van der Waals surface area contributed by atoms with Crippen LogP contribution < -0.4 is 10.1 Å². The van der Waals surface area contributed by atoms with Crippen molar-refractivity contribution in [2.45, 2.75) is 25.6 Å². The van der Waals surface area contributed by atoms with E-state index >= 15 is 0 Å². The maximum atomic E-state index is 12.8. The minimum Gasteiger partial charge on any atom is -0.481 e. The molecule has 8 heteroatoms. The second kappa shape index (κ2) is 9.51. The lowest BCUT2D eigenvalue weighted by Crippen LogP contribution is -2.05. The fourth-order valence-corrected chi connectivity index (χ4v) is 3.06. The summed E-state index contributed by atoms with van der Waals surface area (Å²) in [6, 6.07) is 14.2. The number of methoxy groups -OCH3 is 1. The molecule has 2 N–H and O–H groups in total. The van der Waals surface area contributed by atoms with Gasteiger partial charge in [0.1, 0.15) is 0 Å². The Kier molecular flexibility index (Phi) is 6.79. The van der Waals surface area contributed by atoms with Gasteiger partial charge in [-0.25, -0.2) is 4.98 Å². The Hall–Kier alpha value is -3.55. The van der Waals surface area contributed by atoms with E-state index in [-0.39, 0.29) is 6.42 Å². The number of rotatable bonds is 8. The van der Waals surface area contributed by atoms with Gasteiger partial charge in [0.05, 0.1) is 12.7 Å². The molecule has 3 rings (SSSR count). The molecule has 2 aromatic carbocycles. The Balaban J connectivity index is 1.73. The zero-order valence-electron chi connectivity index (χ0n) is 16.7. The molecule has 0 atom stereocenters. The second-order valence-electron chi connectivity index (χ2n) is 6.91.